The Kier molecular flexibility index (Phi) is 5.00. The third kappa shape index (κ3) is 4.20. The van der Waals surface area contributed by atoms with Gasteiger partial charge in [-0.1, -0.05) is 0 Å². The number of primary amides is 1. The summed E-state index contributed by atoms with van der Waals surface area (Å²) >= 11 is 0. The predicted octanol–water partition coefficient (Wildman–Crippen LogP) is 3.94. The van der Waals surface area contributed by atoms with E-state index in [2.05, 4.69) is 5.32 Å². The van der Waals surface area contributed by atoms with Crippen LogP contribution < -0.4 is 21.4 Å². The lowest BCUT2D eigenvalue weighted by molar-refractivity contribution is 0.0997. The van der Waals surface area contributed by atoms with Crippen LogP contribution in [0.2, 0.25) is 0 Å². The standard InChI is InChI=1S/C23H16N2O5/c24-22(27)14-1-7-18(8-2-14)29-19-9-3-15(4-10-19)23(28)25-17-6-11-20-16(13-17)5-12-21(26)30-20/h1-13H,(H2,24,27)(H,25,28). The zero-order valence-electron chi connectivity index (χ0n) is 15.6. The second-order valence-electron chi connectivity index (χ2n) is 6.48. The molecule has 0 aliphatic rings. The summed E-state index contributed by atoms with van der Waals surface area (Å²) in [6.07, 6.45) is 0. The Balaban J connectivity index is 1.44. The number of carbonyl (C=O) groups is 2. The van der Waals surface area contributed by atoms with E-state index in [1.165, 1.54) is 6.07 Å². The quantitative estimate of drug-likeness (QED) is 0.493. The molecule has 0 atom stereocenters. The van der Waals surface area contributed by atoms with E-state index in [1.54, 1.807) is 72.8 Å². The van der Waals surface area contributed by atoms with Crippen molar-refractivity contribution in [1.29, 1.82) is 0 Å². The van der Waals surface area contributed by atoms with Gasteiger partial charge < -0.3 is 20.2 Å². The van der Waals surface area contributed by atoms with Gasteiger partial charge in [0.2, 0.25) is 5.91 Å². The lowest BCUT2D eigenvalue weighted by Gasteiger charge is -2.08. The van der Waals surface area contributed by atoms with E-state index in [-0.39, 0.29) is 5.91 Å². The first-order chi connectivity index (χ1) is 14.5. The Morgan fingerprint density at radius 3 is 2.07 bits per heavy atom. The van der Waals surface area contributed by atoms with Gasteiger partial charge in [0, 0.05) is 28.3 Å². The second-order valence-corrected chi connectivity index (χ2v) is 6.48. The molecule has 3 aromatic carbocycles. The molecule has 148 valence electrons. The number of ether oxygens (including phenoxy) is 1. The summed E-state index contributed by atoms with van der Waals surface area (Å²) < 4.78 is 10.8. The maximum atomic E-state index is 12.5. The average molecular weight is 400 g/mol. The van der Waals surface area contributed by atoms with E-state index in [9.17, 15) is 14.4 Å². The van der Waals surface area contributed by atoms with Gasteiger partial charge in [-0.3, -0.25) is 9.59 Å². The number of nitrogens with one attached hydrogen (secondary N) is 1. The minimum absolute atomic E-state index is 0.288. The maximum absolute atomic E-state index is 12.5. The summed E-state index contributed by atoms with van der Waals surface area (Å²) in [5, 5.41) is 3.51. The minimum Gasteiger partial charge on any atom is -0.457 e. The van der Waals surface area contributed by atoms with Gasteiger partial charge in [-0.15, -0.1) is 0 Å². The Morgan fingerprint density at radius 2 is 1.43 bits per heavy atom. The third-order valence-electron chi connectivity index (χ3n) is 4.37. The van der Waals surface area contributed by atoms with Gasteiger partial charge in [0.05, 0.1) is 0 Å². The number of anilines is 1. The van der Waals surface area contributed by atoms with Crippen LogP contribution in [0.25, 0.3) is 11.0 Å². The van der Waals surface area contributed by atoms with E-state index >= 15 is 0 Å². The van der Waals surface area contributed by atoms with Crippen LogP contribution >= 0.6 is 0 Å². The molecule has 1 aromatic heterocycles. The lowest BCUT2D eigenvalue weighted by atomic mass is 10.1. The fourth-order valence-electron chi connectivity index (χ4n) is 2.85. The molecule has 0 saturated carbocycles. The van der Waals surface area contributed by atoms with Crippen molar-refractivity contribution < 1.29 is 18.7 Å². The highest BCUT2D eigenvalue weighted by Gasteiger charge is 2.08. The van der Waals surface area contributed by atoms with Crippen LogP contribution in [0.15, 0.2) is 88.1 Å². The van der Waals surface area contributed by atoms with Crippen molar-refractivity contribution in [2.24, 2.45) is 5.73 Å². The molecular weight excluding hydrogens is 384 g/mol. The van der Waals surface area contributed by atoms with Crippen molar-refractivity contribution in [3.8, 4) is 11.5 Å². The summed E-state index contributed by atoms with van der Waals surface area (Å²) in [7, 11) is 0. The summed E-state index contributed by atoms with van der Waals surface area (Å²) in [6, 6.07) is 21.1. The maximum Gasteiger partial charge on any atom is 0.336 e. The topological polar surface area (TPSA) is 112 Å². The number of fused-ring (bicyclic) bond motifs is 1. The van der Waals surface area contributed by atoms with Gasteiger partial charge in [-0.05, 0) is 72.8 Å². The largest absolute Gasteiger partial charge is 0.457 e. The van der Waals surface area contributed by atoms with E-state index in [0.29, 0.717) is 39.3 Å². The van der Waals surface area contributed by atoms with Crippen molar-refractivity contribution in [2.45, 2.75) is 0 Å². The van der Waals surface area contributed by atoms with Crippen LogP contribution in [-0.4, -0.2) is 11.8 Å². The van der Waals surface area contributed by atoms with Crippen LogP contribution in [0.1, 0.15) is 20.7 Å². The SMILES string of the molecule is NC(=O)c1ccc(Oc2ccc(C(=O)Nc3ccc4oc(=O)ccc4c3)cc2)cc1. The molecular formula is C23H16N2O5. The highest BCUT2D eigenvalue weighted by Crippen LogP contribution is 2.23. The fourth-order valence-corrected chi connectivity index (χ4v) is 2.85. The number of benzene rings is 3. The summed E-state index contributed by atoms with van der Waals surface area (Å²) in [4.78, 5) is 34.9. The molecule has 0 saturated heterocycles. The van der Waals surface area contributed by atoms with Gasteiger partial charge in [-0.25, -0.2) is 4.79 Å². The minimum atomic E-state index is -0.507. The van der Waals surface area contributed by atoms with Crippen molar-refractivity contribution in [3.05, 3.63) is 100 Å². The number of carbonyl (C=O) groups excluding carboxylic acids is 2. The van der Waals surface area contributed by atoms with Gasteiger partial charge in [0.15, 0.2) is 0 Å². The average Bonchev–Trinajstić information content (AvgIpc) is 2.75. The fraction of sp³-hybridized carbons (Fsp3) is 0. The normalized spacial score (nSPS) is 10.5. The molecule has 4 aromatic rings. The highest BCUT2D eigenvalue weighted by molar-refractivity contribution is 6.05. The summed E-state index contributed by atoms with van der Waals surface area (Å²) in [5.74, 6) is 0.288. The molecule has 0 aliphatic heterocycles. The number of nitrogens with two attached hydrogens (primary N) is 1. The molecule has 0 spiro atoms. The summed E-state index contributed by atoms with van der Waals surface area (Å²) in [6.45, 7) is 0. The molecule has 2 amide bonds. The van der Waals surface area contributed by atoms with Gasteiger partial charge in [0.25, 0.3) is 5.91 Å². The molecule has 1 heterocycles. The van der Waals surface area contributed by atoms with E-state index in [1.807, 2.05) is 0 Å². The van der Waals surface area contributed by atoms with E-state index < -0.39 is 11.5 Å². The zero-order valence-corrected chi connectivity index (χ0v) is 15.6. The van der Waals surface area contributed by atoms with Gasteiger partial charge in [-0.2, -0.15) is 0 Å². The van der Waals surface area contributed by atoms with Crippen molar-refractivity contribution in [3.63, 3.8) is 0 Å². The van der Waals surface area contributed by atoms with E-state index in [4.69, 9.17) is 14.9 Å². The Hall–Kier alpha value is -4.39. The van der Waals surface area contributed by atoms with Crippen LogP contribution in [0.4, 0.5) is 5.69 Å². The molecule has 3 N–H and O–H groups in total. The van der Waals surface area contributed by atoms with Crippen LogP contribution in [-0.2, 0) is 0 Å². The Morgan fingerprint density at radius 1 is 0.800 bits per heavy atom. The van der Waals surface area contributed by atoms with Gasteiger partial charge >= 0.3 is 5.63 Å². The number of hydrogen-bond acceptors (Lipinski definition) is 5. The van der Waals surface area contributed by atoms with Gasteiger partial charge in [0.1, 0.15) is 17.1 Å². The van der Waals surface area contributed by atoms with Crippen LogP contribution in [0, 0.1) is 0 Å². The third-order valence-corrected chi connectivity index (χ3v) is 4.37. The monoisotopic (exact) mass is 400 g/mol. The first kappa shape index (κ1) is 18.9. The van der Waals surface area contributed by atoms with Crippen LogP contribution in [0.3, 0.4) is 0 Å². The van der Waals surface area contributed by atoms with Crippen LogP contribution in [0.5, 0.6) is 11.5 Å². The highest BCUT2D eigenvalue weighted by atomic mass is 16.5. The smallest absolute Gasteiger partial charge is 0.336 e. The molecule has 0 aliphatic carbocycles. The molecule has 0 bridgehead atoms. The van der Waals surface area contributed by atoms with Crippen molar-refractivity contribution in [2.75, 3.05) is 5.32 Å². The number of amides is 2. The number of rotatable bonds is 5. The van der Waals surface area contributed by atoms with Crippen molar-refractivity contribution in [1.82, 2.24) is 0 Å². The molecule has 0 fully saturated rings. The summed E-state index contributed by atoms with van der Waals surface area (Å²) in [5.41, 5.74) is 6.66. The molecule has 4 rings (SSSR count). The molecule has 7 nitrogen and oxygen atoms in total. The molecule has 0 unspecified atom stereocenters. The first-order valence-corrected chi connectivity index (χ1v) is 9.01. The molecule has 30 heavy (non-hydrogen) atoms. The molecule has 0 radical (unpaired) electrons. The second kappa shape index (κ2) is 7.92. The number of hydrogen-bond donors (Lipinski definition) is 2. The lowest BCUT2D eigenvalue weighted by Crippen LogP contribution is -2.11. The first-order valence-electron chi connectivity index (χ1n) is 9.01. The predicted molar refractivity (Wildman–Crippen MR) is 112 cm³/mol. The Bertz CT molecular complexity index is 1290. The Labute approximate surface area is 170 Å². The van der Waals surface area contributed by atoms with E-state index in [0.717, 1.165) is 0 Å². The zero-order chi connectivity index (χ0) is 21.1. The van der Waals surface area contributed by atoms with Crippen molar-refractivity contribution >= 4 is 28.5 Å². The molecule has 7 heteroatoms.